The first-order chi connectivity index (χ1) is 15.0. The van der Waals surface area contributed by atoms with E-state index in [4.69, 9.17) is 16.3 Å². The van der Waals surface area contributed by atoms with Crippen molar-refractivity contribution in [1.29, 1.82) is 0 Å². The maximum absolute atomic E-state index is 12.7. The monoisotopic (exact) mass is 438 g/mol. The van der Waals surface area contributed by atoms with Crippen LogP contribution in [-0.2, 0) is 27.4 Å². The molecule has 2 heterocycles. The predicted octanol–water partition coefficient (Wildman–Crippen LogP) is 4.43. The Morgan fingerprint density at radius 1 is 1.23 bits per heavy atom. The third kappa shape index (κ3) is 4.19. The highest BCUT2D eigenvalue weighted by Crippen LogP contribution is 2.39. The number of aromatic nitrogens is 2. The molecule has 2 amide bonds. The summed E-state index contributed by atoms with van der Waals surface area (Å²) in [7, 11) is 1.59. The molecular weight excluding hydrogens is 416 g/mol. The van der Waals surface area contributed by atoms with Crippen LogP contribution in [0.4, 0.5) is 11.5 Å². The SMILES string of the molecule is CCc1ccccc1NC(=O)CC1C(=O)Nc2c(-c3ccc(Cl)cc3)c(COC)nn21. The summed E-state index contributed by atoms with van der Waals surface area (Å²) in [6, 6.07) is 14.2. The lowest BCUT2D eigenvalue weighted by Gasteiger charge is -2.12. The summed E-state index contributed by atoms with van der Waals surface area (Å²) in [6.07, 6.45) is 0.777. The zero-order valence-corrected chi connectivity index (χ0v) is 18.1. The number of methoxy groups -OCH3 is 1. The number of hydrogen-bond donors (Lipinski definition) is 2. The largest absolute Gasteiger partial charge is 0.378 e. The number of nitrogens with zero attached hydrogens (tertiary/aromatic N) is 2. The molecule has 0 radical (unpaired) electrons. The number of amides is 2. The molecule has 2 aromatic carbocycles. The van der Waals surface area contributed by atoms with E-state index in [0.29, 0.717) is 16.5 Å². The Bertz CT molecular complexity index is 1120. The standard InChI is InChI=1S/C23H23ClN4O3/c1-3-14-6-4-5-7-17(14)25-20(29)12-19-23(30)26-22-21(15-8-10-16(24)11-9-15)18(13-31-2)27-28(19)22/h4-11,19H,3,12-13H2,1-2H3,(H,25,29)(H,26,30). The summed E-state index contributed by atoms with van der Waals surface area (Å²) in [5.74, 6) is 0.0532. The van der Waals surface area contributed by atoms with Gasteiger partial charge in [0, 0.05) is 23.4 Å². The van der Waals surface area contributed by atoms with E-state index in [2.05, 4.69) is 15.7 Å². The summed E-state index contributed by atoms with van der Waals surface area (Å²) in [5, 5.41) is 11.0. The minimum atomic E-state index is -0.736. The molecule has 1 aromatic heterocycles. The lowest BCUT2D eigenvalue weighted by molar-refractivity contribution is -0.123. The number of aryl methyl sites for hydroxylation is 1. The fourth-order valence-corrected chi connectivity index (χ4v) is 3.93. The Morgan fingerprint density at radius 3 is 2.68 bits per heavy atom. The van der Waals surface area contributed by atoms with E-state index in [0.717, 1.165) is 28.8 Å². The number of benzene rings is 2. The molecule has 4 rings (SSSR count). The number of nitrogens with one attached hydrogen (secondary N) is 2. The van der Waals surface area contributed by atoms with Gasteiger partial charge in [0.25, 0.3) is 5.91 Å². The zero-order chi connectivity index (χ0) is 22.0. The highest BCUT2D eigenvalue weighted by molar-refractivity contribution is 6.30. The van der Waals surface area contributed by atoms with Crippen LogP contribution < -0.4 is 10.6 Å². The molecular formula is C23H23ClN4O3. The van der Waals surface area contributed by atoms with Crippen molar-refractivity contribution in [1.82, 2.24) is 9.78 Å². The van der Waals surface area contributed by atoms with Crippen molar-refractivity contribution >= 4 is 34.9 Å². The maximum Gasteiger partial charge on any atom is 0.251 e. The molecule has 0 aliphatic carbocycles. The summed E-state index contributed by atoms with van der Waals surface area (Å²) < 4.78 is 6.89. The van der Waals surface area contributed by atoms with Crippen LogP contribution in [0.3, 0.4) is 0 Å². The lowest BCUT2D eigenvalue weighted by atomic mass is 10.1. The first kappa shape index (κ1) is 21.1. The van der Waals surface area contributed by atoms with E-state index in [1.165, 1.54) is 0 Å². The lowest BCUT2D eigenvalue weighted by Crippen LogP contribution is -2.24. The molecule has 0 bridgehead atoms. The molecule has 0 saturated carbocycles. The molecule has 0 spiro atoms. The van der Waals surface area contributed by atoms with E-state index in [9.17, 15) is 9.59 Å². The van der Waals surface area contributed by atoms with Gasteiger partial charge in [0.2, 0.25) is 5.91 Å². The highest BCUT2D eigenvalue weighted by Gasteiger charge is 2.37. The minimum absolute atomic E-state index is 0.0228. The van der Waals surface area contributed by atoms with Gasteiger partial charge in [-0.1, -0.05) is 48.9 Å². The molecule has 7 nitrogen and oxygen atoms in total. The Hall–Kier alpha value is -3.16. The molecule has 1 unspecified atom stereocenters. The van der Waals surface area contributed by atoms with Gasteiger partial charge in [0.1, 0.15) is 11.9 Å². The van der Waals surface area contributed by atoms with E-state index in [-0.39, 0.29) is 24.8 Å². The van der Waals surface area contributed by atoms with Crippen LogP contribution in [-0.4, -0.2) is 28.7 Å². The summed E-state index contributed by atoms with van der Waals surface area (Å²) >= 11 is 6.02. The number of anilines is 2. The van der Waals surface area contributed by atoms with Crippen molar-refractivity contribution in [3.63, 3.8) is 0 Å². The van der Waals surface area contributed by atoms with Gasteiger partial charge in [-0.15, -0.1) is 0 Å². The van der Waals surface area contributed by atoms with Crippen molar-refractivity contribution in [2.45, 2.75) is 32.4 Å². The Labute approximate surface area is 185 Å². The smallest absolute Gasteiger partial charge is 0.251 e. The predicted molar refractivity (Wildman–Crippen MR) is 120 cm³/mol. The molecule has 31 heavy (non-hydrogen) atoms. The van der Waals surface area contributed by atoms with Crippen molar-refractivity contribution in [3.8, 4) is 11.1 Å². The first-order valence-corrected chi connectivity index (χ1v) is 10.4. The van der Waals surface area contributed by atoms with Crippen LogP contribution in [0.5, 0.6) is 0 Å². The highest BCUT2D eigenvalue weighted by atomic mass is 35.5. The molecule has 160 valence electrons. The van der Waals surface area contributed by atoms with Crippen LogP contribution in [0.25, 0.3) is 11.1 Å². The van der Waals surface area contributed by atoms with Gasteiger partial charge in [0.05, 0.1) is 18.7 Å². The van der Waals surface area contributed by atoms with Crippen LogP contribution in [0.2, 0.25) is 5.02 Å². The number of para-hydroxylation sites is 1. The van der Waals surface area contributed by atoms with E-state index < -0.39 is 6.04 Å². The van der Waals surface area contributed by atoms with Gasteiger partial charge in [-0.25, -0.2) is 4.68 Å². The van der Waals surface area contributed by atoms with Crippen LogP contribution >= 0.6 is 11.6 Å². The Kier molecular flexibility index (Phi) is 6.06. The molecule has 8 heteroatoms. The van der Waals surface area contributed by atoms with Gasteiger partial charge in [0.15, 0.2) is 0 Å². The number of rotatable bonds is 7. The van der Waals surface area contributed by atoms with E-state index in [1.807, 2.05) is 43.3 Å². The number of carbonyl (C=O) groups excluding carboxylic acids is 2. The molecule has 1 aliphatic heterocycles. The van der Waals surface area contributed by atoms with Crippen LogP contribution in [0.15, 0.2) is 48.5 Å². The van der Waals surface area contributed by atoms with E-state index in [1.54, 1.807) is 23.9 Å². The summed E-state index contributed by atoms with van der Waals surface area (Å²) in [6.45, 7) is 2.30. The summed E-state index contributed by atoms with van der Waals surface area (Å²) in [5.41, 5.74) is 4.11. The molecule has 1 atom stereocenters. The van der Waals surface area contributed by atoms with Crippen molar-refractivity contribution in [3.05, 3.63) is 64.8 Å². The molecule has 1 aliphatic rings. The minimum Gasteiger partial charge on any atom is -0.378 e. The topological polar surface area (TPSA) is 85.2 Å². The van der Waals surface area contributed by atoms with Gasteiger partial charge < -0.3 is 15.4 Å². The molecule has 2 N–H and O–H groups in total. The molecule has 3 aromatic rings. The van der Waals surface area contributed by atoms with Crippen LogP contribution in [0.1, 0.15) is 30.6 Å². The maximum atomic E-state index is 12.7. The number of hydrogen-bond acceptors (Lipinski definition) is 4. The quantitative estimate of drug-likeness (QED) is 0.571. The fourth-order valence-electron chi connectivity index (χ4n) is 3.80. The zero-order valence-electron chi connectivity index (χ0n) is 17.3. The third-order valence-corrected chi connectivity index (χ3v) is 5.54. The van der Waals surface area contributed by atoms with Crippen molar-refractivity contribution < 1.29 is 14.3 Å². The average molecular weight is 439 g/mol. The molecule has 0 fully saturated rings. The Morgan fingerprint density at radius 2 is 1.97 bits per heavy atom. The average Bonchev–Trinajstić information content (AvgIpc) is 3.24. The second-order valence-electron chi connectivity index (χ2n) is 7.32. The Balaban J connectivity index is 1.62. The van der Waals surface area contributed by atoms with Crippen LogP contribution in [0, 0.1) is 0 Å². The second kappa shape index (κ2) is 8.91. The second-order valence-corrected chi connectivity index (χ2v) is 7.76. The van der Waals surface area contributed by atoms with Gasteiger partial charge in [-0.2, -0.15) is 5.10 Å². The fraction of sp³-hybridized carbons (Fsp3) is 0.261. The normalized spacial score (nSPS) is 14.9. The van der Waals surface area contributed by atoms with Gasteiger partial charge >= 0.3 is 0 Å². The number of carbonyl (C=O) groups is 2. The number of ether oxygens (including phenoxy) is 1. The number of fused-ring (bicyclic) bond motifs is 1. The van der Waals surface area contributed by atoms with E-state index >= 15 is 0 Å². The van der Waals surface area contributed by atoms with Gasteiger partial charge in [-0.3, -0.25) is 9.59 Å². The van der Waals surface area contributed by atoms with Gasteiger partial charge in [-0.05, 0) is 35.7 Å². The number of halogens is 1. The first-order valence-electron chi connectivity index (χ1n) is 10.1. The summed E-state index contributed by atoms with van der Waals surface area (Å²) in [4.78, 5) is 25.5. The third-order valence-electron chi connectivity index (χ3n) is 5.29. The molecule has 0 saturated heterocycles. The van der Waals surface area contributed by atoms with Crippen molar-refractivity contribution in [2.24, 2.45) is 0 Å². The van der Waals surface area contributed by atoms with Crippen molar-refractivity contribution in [2.75, 3.05) is 17.7 Å².